The Bertz CT molecular complexity index is 378. The lowest BCUT2D eigenvalue weighted by Crippen LogP contribution is -2.31. The van der Waals surface area contributed by atoms with Gasteiger partial charge in [0.1, 0.15) is 5.78 Å². The van der Waals surface area contributed by atoms with Crippen molar-refractivity contribution < 1.29 is 4.79 Å². The molecule has 0 atom stereocenters. The third kappa shape index (κ3) is 1.76. The molecule has 0 bridgehead atoms. The van der Waals surface area contributed by atoms with Gasteiger partial charge in [-0.05, 0) is 31.4 Å². The summed E-state index contributed by atoms with van der Waals surface area (Å²) >= 11 is 3.56. The summed E-state index contributed by atoms with van der Waals surface area (Å²) in [5.74, 6) is 0.312. The molecule has 0 aromatic heterocycles. The number of hydrogen-bond donors (Lipinski definition) is 0. The van der Waals surface area contributed by atoms with E-state index in [1.54, 1.807) is 6.92 Å². The van der Waals surface area contributed by atoms with Crippen LogP contribution < -0.4 is 0 Å². The highest BCUT2D eigenvalue weighted by molar-refractivity contribution is 9.10. The van der Waals surface area contributed by atoms with Gasteiger partial charge in [-0.3, -0.25) is 4.79 Å². The standard InChI is InChI=1S/C13H15BrO/c1-10(15)13(8-4-5-9-13)11-6-2-3-7-12(11)14/h2-3,6-7H,4-5,8-9H2,1H3. The van der Waals surface area contributed by atoms with E-state index in [2.05, 4.69) is 22.0 Å². The summed E-state index contributed by atoms with van der Waals surface area (Å²) in [6, 6.07) is 8.12. The molecule has 0 radical (unpaired) electrons. The highest BCUT2D eigenvalue weighted by Gasteiger charge is 2.40. The first-order chi connectivity index (χ1) is 7.17. The number of Topliss-reactive ketones (excluding diaryl/α,β-unsaturated/α-hetero) is 1. The van der Waals surface area contributed by atoms with E-state index in [-0.39, 0.29) is 5.41 Å². The summed E-state index contributed by atoms with van der Waals surface area (Å²) in [4.78, 5) is 11.9. The molecule has 0 N–H and O–H groups in total. The summed E-state index contributed by atoms with van der Waals surface area (Å²) in [5, 5.41) is 0. The molecule has 0 spiro atoms. The molecule has 0 saturated heterocycles. The Hall–Kier alpha value is -0.630. The van der Waals surface area contributed by atoms with E-state index < -0.39 is 0 Å². The van der Waals surface area contributed by atoms with Crippen LogP contribution in [-0.4, -0.2) is 5.78 Å². The number of benzene rings is 1. The van der Waals surface area contributed by atoms with Gasteiger partial charge in [-0.2, -0.15) is 0 Å². The minimum absolute atomic E-state index is 0.208. The molecule has 1 aliphatic rings. The Balaban J connectivity index is 2.50. The van der Waals surface area contributed by atoms with Gasteiger partial charge >= 0.3 is 0 Å². The third-order valence-electron chi connectivity index (χ3n) is 3.52. The summed E-state index contributed by atoms with van der Waals surface area (Å²) < 4.78 is 1.07. The Morgan fingerprint density at radius 3 is 2.40 bits per heavy atom. The Kier molecular flexibility index (Phi) is 2.96. The smallest absolute Gasteiger partial charge is 0.140 e. The first-order valence-corrected chi connectivity index (χ1v) is 6.22. The number of ketones is 1. The molecule has 80 valence electrons. The minimum atomic E-state index is -0.208. The lowest BCUT2D eigenvalue weighted by atomic mass is 9.76. The van der Waals surface area contributed by atoms with Crippen molar-refractivity contribution in [2.45, 2.75) is 38.0 Å². The fourth-order valence-electron chi connectivity index (χ4n) is 2.64. The second-order valence-electron chi connectivity index (χ2n) is 4.33. The predicted octanol–water partition coefficient (Wildman–Crippen LogP) is 3.85. The van der Waals surface area contributed by atoms with Crippen LogP contribution in [0.1, 0.15) is 38.2 Å². The monoisotopic (exact) mass is 266 g/mol. The lowest BCUT2D eigenvalue weighted by Gasteiger charge is -2.27. The average molecular weight is 267 g/mol. The van der Waals surface area contributed by atoms with E-state index in [0.29, 0.717) is 5.78 Å². The zero-order valence-electron chi connectivity index (χ0n) is 8.92. The highest BCUT2D eigenvalue weighted by atomic mass is 79.9. The van der Waals surface area contributed by atoms with Crippen LogP contribution in [0.5, 0.6) is 0 Å². The van der Waals surface area contributed by atoms with Gasteiger partial charge in [0, 0.05) is 4.47 Å². The zero-order valence-corrected chi connectivity index (χ0v) is 10.5. The van der Waals surface area contributed by atoms with Gasteiger partial charge in [-0.15, -0.1) is 0 Å². The van der Waals surface area contributed by atoms with Crippen LogP contribution in [-0.2, 0) is 10.2 Å². The minimum Gasteiger partial charge on any atom is -0.299 e. The first-order valence-electron chi connectivity index (χ1n) is 5.43. The predicted molar refractivity (Wildman–Crippen MR) is 65.0 cm³/mol. The Morgan fingerprint density at radius 1 is 1.27 bits per heavy atom. The molecule has 1 saturated carbocycles. The fraction of sp³-hybridized carbons (Fsp3) is 0.462. The van der Waals surface area contributed by atoms with Gasteiger partial charge in [-0.25, -0.2) is 0 Å². The molecular weight excluding hydrogens is 252 g/mol. The van der Waals surface area contributed by atoms with E-state index >= 15 is 0 Å². The molecule has 15 heavy (non-hydrogen) atoms. The van der Waals surface area contributed by atoms with Gasteiger partial charge in [0.2, 0.25) is 0 Å². The quantitative estimate of drug-likeness (QED) is 0.795. The zero-order chi connectivity index (χ0) is 10.9. The second kappa shape index (κ2) is 4.09. The number of carbonyl (C=O) groups excluding carboxylic acids is 1. The average Bonchev–Trinajstić information content (AvgIpc) is 2.68. The Morgan fingerprint density at radius 2 is 1.87 bits per heavy atom. The van der Waals surface area contributed by atoms with Crippen molar-refractivity contribution in [3.05, 3.63) is 34.3 Å². The topological polar surface area (TPSA) is 17.1 Å². The molecule has 0 unspecified atom stereocenters. The molecule has 0 amide bonds. The molecule has 0 aliphatic heterocycles. The number of halogens is 1. The van der Waals surface area contributed by atoms with Gasteiger partial charge in [-0.1, -0.05) is 47.0 Å². The SMILES string of the molecule is CC(=O)C1(c2ccccc2Br)CCCC1. The van der Waals surface area contributed by atoms with E-state index in [4.69, 9.17) is 0 Å². The van der Waals surface area contributed by atoms with E-state index in [1.807, 2.05) is 18.2 Å². The van der Waals surface area contributed by atoms with Crippen molar-refractivity contribution in [2.75, 3.05) is 0 Å². The third-order valence-corrected chi connectivity index (χ3v) is 4.21. The highest BCUT2D eigenvalue weighted by Crippen LogP contribution is 2.44. The van der Waals surface area contributed by atoms with Crippen molar-refractivity contribution in [1.82, 2.24) is 0 Å². The second-order valence-corrected chi connectivity index (χ2v) is 5.18. The molecule has 0 heterocycles. The van der Waals surface area contributed by atoms with Crippen molar-refractivity contribution in [2.24, 2.45) is 0 Å². The van der Waals surface area contributed by atoms with Crippen molar-refractivity contribution in [1.29, 1.82) is 0 Å². The van der Waals surface area contributed by atoms with Crippen molar-refractivity contribution in [3.8, 4) is 0 Å². The summed E-state index contributed by atoms with van der Waals surface area (Å²) in [7, 11) is 0. The van der Waals surface area contributed by atoms with Crippen LogP contribution >= 0.6 is 15.9 Å². The molecule has 2 rings (SSSR count). The largest absolute Gasteiger partial charge is 0.299 e. The first kappa shape index (κ1) is 10.9. The van der Waals surface area contributed by atoms with E-state index in [1.165, 1.54) is 18.4 Å². The van der Waals surface area contributed by atoms with Gasteiger partial charge in [0.05, 0.1) is 5.41 Å². The summed E-state index contributed by atoms with van der Waals surface area (Å²) in [5.41, 5.74) is 0.968. The fourth-order valence-corrected chi connectivity index (χ4v) is 3.30. The van der Waals surface area contributed by atoms with Crippen LogP contribution in [0.15, 0.2) is 28.7 Å². The summed E-state index contributed by atoms with van der Waals surface area (Å²) in [6.45, 7) is 1.73. The molecule has 2 heteroatoms. The summed E-state index contributed by atoms with van der Waals surface area (Å²) in [6.07, 6.45) is 4.34. The number of carbonyl (C=O) groups is 1. The van der Waals surface area contributed by atoms with E-state index in [0.717, 1.165) is 17.3 Å². The lowest BCUT2D eigenvalue weighted by molar-refractivity contribution is -0.122. The van der Waals surface area contributed by atoms with Crippen LogP contribution in [0.25, 0.3) is 0 Å². The maximum atomic E-state index is 11.9. The number of rotatable bonds is 2. The maximum Gasteiger partial charge on any atom is 0.140 e. The molecule has 1 aliphatic carbocycles. The van der Waals surface area contributed by atoms with Crippen LogP contribution in [0.3, 0.4) is 0 Å². The van der Waals surface area contributed by atoms with Gasteiger partial charge in [0.15, 0.2) is 0 Å². The maximum absolute atomic E-state index is 11.9. The van der Waals surface area contributed by atoms with Crippen molar-refractivity contribution in [3.63, 3.8) is 0 Å². The molecule has 1 aromatic carbocycles. The number of hydrogen-bond acceptors (Lipinski definition) is 1. The molecule has 1 nitrogen and oxygen atoms in total. The van der Waals surface area contributed by atoms with Crippen molar-refractivity contribution >= 4 is 21.7 Å². The van der Waals surface area contributed by atoms with Crippen LogP contribution in [0, 0.1) is 0 Å². The van der Waals surface area contributed by atoms with Gasteiger partial charge < -0.3 is 0 Å². The van der Waals surface area contributed by atoms with Crippen LogP contribution in [0.2, 0.25) is 0 Å². The molecular formula is C13H15BrO. The van der Waals surface area contributed by atoms with Gasteiger partial charge in [0.25, 0.3) is 0 Å². The molecule has 1 aromatic rings. The molecule has 1 fully saturated rings. The normalized spacial score (nSPS) is 19.1. The van der Waals surface area contributed by atoms with E-state index in [9.17, 15) is 4.79 Å². The van der Waals surface area contributed by atoms with Crippen LogP contribution in [0.4, 0.5) is 0 Å². The Labute approximate surface area is 99.0 Å².